The SMILES string of the molecule is CC[C@@H](CC(C)Cl)N1CCC(CCCO)CC1. The first kappa shape index (κ1) is 15.3. The fraction of sp³-hybridized carbons (Fsp3) is 1.00. The zero-order valence-corrected chi connectivity index (χ0v) is 12.1. The zero-order valence-electron chi connectivity index (χ0n) is 11.4. The monoisotopic (exact) mass is 261 g/mol. The Morgan fingerprint density at radius 2 is 2.00 bits per heavy atom. The van der Waals surface area contributed by atoms with Crippen molar-refractivity contribution in [3.8, 4) is 0 Å². The molecule has 0 bridgehead atoms. The Bertz CT molecular complexity index is 191. The van der Waals surface area contributed by atoms with Gasteiger partial charge in [0.1, 0.15) is 0 Å². The van der Waals surface area contributed by atoms with Gasteiger partial charge in [0.2, 0.25) is 0 Å². The van der Waals surface area contributed by atoms with Gasteiger partial charge in [-0.2, -0.15) is 0 Å². The average molecular weight is 262 g/mol. The Hall–Kier alpha value is 0.210. The van der Waals surface area contributed by atoms with E-state index in [0.717, 1.165) is 18.8 Å². The summed E-state index contributed by atoms with van der Waals surface area (Å²) < 4.78 is 0. The van der Waals surface area contributed by atoms with Crippen molar-refractivity contribution in [2.24, 2.45) is 5.92 Å². The molecule has 1 saturated heterocycles. The van der Waals surface area contributed by atoms with Crippen LogP contribution in [0.4, 0.5) is 0 Å². The van der Waals surface area contributed by atoms with Gasteiger partial charge in [0, 0.05) is 18.0 Å². The number of aliphatic hydroxyl groups excluding tert-OH is 1. The van der Waals surface area contributed by atoms with Crippen LogP contribution >= 0.6 is 11.6 Å². The molecule has 102 valence electrons. The number of hydrogen-bond donors (Lipinski definition) is 1. The number of hydrogen-bond acceptors (Lipinski definition) is 2. The van der Waals surface area contributed by atoms with E-state index in [1.165, 1.54) is 38.8 Å². The molecular formula is C14H28ClNO. The van der Waals surface area contributed by atoms with Crippen LogP contribution in [0.3, 0.4) is 0 Å². The smallest absolute Gasteiger partial charge is 0.0431 e. The lowest BCUT2D eigenvalue weighted by Gasteiger charge is -2.37. The molecule has 0 radical (unpaired) electrons. The van der Waals surface area contributed by atoms with Crippen LogP contribution in [-0.2, 0) is 0 Å². The second-order valence-corrected chi connectivity index (χ2v) is 6.17. The van der Waals surface area contributed by atoms with E-state index in [1.807, 2.05) is 0 Å². The topological polar surface area (TPSA) is 23.5 Å². The Balaban J connectivity index is 2.29. The van der Waals surface area contributed by atoms with Crippen molar-refractivity contribution in [2.45, 2.75) is 63.8 Å². The molecule has 0 aromatic rings. The summed E-state index contributed by atoms with van der Waals surface area (Å²) in [6, 6.07) is 0.668. The summed E-state index contributed by atoms with van der Waals surface area (Å²) in [6.07, 6.45) is 7.09. The maximum Gasteiger partial charge on any atom is 0.0431 e. The molecule has 0 aromatic carbocycles. The van der Waals surface area contributed by atoms with Crippen molar-refractivity contribution >= 4 is 11.6 Å². The lowest BCUT2D eigenvalue weighted by Crippen LogP contribution is -2.42. The van der Waals surface area contributed by atoms with Crippen LogP contribution in [0.1, 0.15) is 52.4 Å². The number of rotatable bonds is 7. The van der Waals surface area contributed by atoms with Crippen molar-refractivity contribution in [3.05, 3.63) is 0 Å². The second-order valence-electron chi connectivity index (χ2n) is 5.42. The third-order valence-electron chi connectivity index (χ3n) is 4.00. The van der Waals surface area contributed by atoms with Gasteiger partial charge in [0.15, 0.2) is 0 Å². The van der Waals surface area contributed by atoms with Crippen molar-refractivity contribution in [2.75, 3.05) is 19.7 Å². The lowest BCUT2D eigenvalue weighted by atomic mass is 9.91. The van der Waals surface area contributed by atoms with E-state index >= 15 is 0 Å². The van der Waals surface area contributed by atoms with Gasteiger partial charge in [0.05, 0.1) is 0 Å². The van der Waals surface area contributed by atoms with E-state index in [4.69, 9.17) is 16.7 Å². The summed E-state index contributed by atoms with van der Waals surface area (Å²) >= 11 is 6.11. The summed E-state index contributed by atoms with van der Waals surface area (Å²) in [5.74, 6) is 0.837. The number of alkyl halides is 1. The Labute approximate surface area is 111 Å². The van der Waals surface area contributed by atoms with Crippen molar-refractivity contribution in [3.63, 3.8) is 0 Å². The minimum Gasteiger partial charge on any atom is -0.396 e. The largest absolute Gasteiger partial charge is 0.396 e. The Morgan fingerprint density at radius 3 is 2.47 bits per heavy atom. The van der Waals surface area contributed by atoms with Gasteiger partial charge in [-0.3, -0.25) is 0 Å². The van der Waals surface area contributed by atoms with Crippen LogP contribution in [0, 0.1) is 5.92 Å². The molecule has 2 atom stereocenters. The van der Waals surface area contributed by atoms with Crippen molar-refractivity contribution < 1.29 is 5.11 Å². The molecule has 0 spiro atoms. The molecule has 17 heavy (non-hydrogen) atoms. The summed E-state index contributed by atoms with van der Waals surface area (Å²) in [4.78, 5) is 2.62. The molecule has 1 aliphatic heterocycles. The molecule has 1 aliphatic rings. The van der Waals surface area contributed by atoms with Crippen LogP contribution in [0.5, 0.6) is 0 Å². The van der Waals surface area contributed by atoms with Gasteiger partial charge >= 0.3 is 0 Å². The van der Waals surface area contributed by atoms with Crippen LogP contribution in [0.2, 0.25) is 0 Å². The molecule has 0 aliphatic carbocycles. The van der Waals surface area contributed by atoms with Gasteiger partial charge in [-0.15, -0.1) is 11.6 Å². The molecular weight excluding hydrogens is 234 g/mol. The average Bonchev–Trinajstić information content (AvgIpc) is 2.34. The van der Waals surface area contributed by atoms with Crippen LogP contribution in [0.25, 0.3) is 0 Å². The quantitative estimate of drug-likeness (QED) is 0.711. The fourth-order valence-corrected chi connectivity index (χ4v) is 3.14. The van der Waals surface area contributed by atoms with E-state index in [1.54, 1.807) is 0 Å². The number of nitrogens with zero attached hydrogens (tertiary/aromatic N) is 1. The molecule has 0 saturated carbocycles. The molecule has 1 fully saturated rings. The molecule has 0 aromatic heterocycles. The molecule has 2 nitrogen and oxygen atoms in total. The zero-order chi connectivity index (χ0) is 12.7. The maximum atomic E-state index is 8.85. The number of piperidine rings is 1. The maximum absolute atomic E-state index is 8.85. The summed E-state index contributed by atoms with van der Waals surface area (Å²) in [5, 5.41) is 9.13. The standard InChI is InChI=1S/C14H28ClNO/c1-3-14(11-12(2)15)16-8-6-13(7-9-16)5-4-10-17/h12-14,17H,3-11H2,1-2H3/t12?,14-/m0/s1. The van der Waals surface area contributed by atoms with E-state index in [-0.39, 0.29) is 5.38 Å². The van der Waals surface area contributed by atoms with E-state index in [0.29, 0.717) is 12.6 Å². The lowest BCUT2D eigenvalue weighted by molar-refractivity contribution is 0.116. The Morgan fingerprint density at radius 1 is 1.35 bits per heavy atom. The Kier molecular flexibility index (Phi) is 7.49. The molecule has 3 heteroatoms. The van der Waals surface area contributed by atoms with E-state index in [2.05, 4.69) is 18.7 Å². The molecule has 1 heterocycles. The number of halogens is 1. The predicted molar refractivity (Wildman–Crippen MR) is 74.6 cm³/mol. The summed E-state index contributed by atoms with van der Waals surface area (Å²) in [7, 11) is 0. The summed E-state index contributed by atoms with van der Waals surface area (Å²) in [6.45, 7) is 7.15. The van der Waals surface area contributed by atoms with Gasteiger partial charge in [-0.25, -0.2) is 0 Å². The first-order chi connectivity index (χ1) is 8.17. The van der Waals surface area contributed by atoms with Gasteiger partial charge in [-0.1, -0.05) is 6.92 Å². The first-order valence-corrected chi connectivity index (χ1v) is 7.60. The third-order valence-corrected chi connectivity index (χ3v) is 4.18. The highest BCUT2D eigenvalue weighted by Gasteiger charge is 2.24. The molecule has 1 rings (SSSR count). The van der Waals surface area contributed by atoms with Gasteiger partial charge < -0.3 is 10.0 Å². The molecule has 1 unspecified atom stereocenters. The van der Waals surface area contributed by atoms with Crippen molar-refractivity contribution in [1.29, 1.82) is 0 Å². The normalized spacial score (nSPS) is 22.6. The minimum absolute atomic E-state index is 0.284. The van der Waals surface area contributed by atoms with Crippen LogP contribution in [0.15, 0.2) is 0 Å². The summed E-state index contributed by atoms with van der Waals surface area (Å²) in [5.41, 5.74) is 0. The van der Waals surface area contributed by atoms with Crippen LogP contribution < -0.4 is 0 Å². The fourth-order valence-electron chi connectivity index (χ4n) is 2.94. The highest BCUT2D eigenvalue weighted by molar-refractivity contribution is 6.20. The predicted octanol–water partition coefficient (Wildman–Crippen LogP) is 3.27. The highest BCUT2D eigenvalue weighted by atomic mass is 35.5. The van der Waals surface area contributed by atoms with Crippen LogP contribution in [-0.4, -0.2) is 41.1 Å². The van der Waals surface area contributed by atoms with Gasteiger partial charge in [-0.05, 0) is 64.5 Å². The molecule has 1 N–H and O–H groups in total. The van der Waals surface area contributed by atoms with E-state index in [9.17, 15) is 0 Å². The second kappa shape index (κ2) is 8.34. The van der Waals surface area contributed by atoms with Crippen molar-refractivity contribution in [1.82, 2.24) is 4.90 Å². The molecule has 0 amide bonds. The number of aliphatic hydroxyl groups is 1. The van der Waals surface area contributed by atoms with Gasteiger partial charge in [0.25, 0.3) is 0 Å². The van der Waals surface area contributed by atoms with E-state index < -0.39 is 0 Å². The third kappa shape index (κ3) is 5.58. The first-order valence-electron chi connectivity index (χ1n) is 7.16. The minimum atomic E-state index is 0.284. The number of likely N-dealkylation sites (tertiary alicyclic amines) is 1. The highest BCUT2D eigenvalue weighted by Crippen LogP contribution is 2.25.